The lowest BCUT2D eigenvalue weighted by Gasteiger charge is -2.33. The Morgan fingerprint density at radius 3 is 1.91 bits per heavy atom. The number of rotatable bonds is 9. The SMILES string of the molecule is CC.CCCC(C)CCOC(OC(=O)C(C)(C)CC)C(C)(C)C. The summed E-state index contributed by atoms with van der Waals surface area (Å²) in [6.07, 6.45) is 3.70. The van der Waals surface area contributed by atoms with Crippen molar-refractivity contribution in [2.24, 2.45) is 16.7 Å². The standard InChI is InChI=1S/C18H36O3.C2H6/c1-9-11-14(3)12-13-20-16(17(4,5)6)21-15(19)18(7,8)10-2;1-2/h14,16H,9-13H2,1-8H3;1-2H3. The molecule has 3 nitrogen and oxygen atoms in total. The Labute approximate surface area is 145 Å². The fourth-order valence-electron chi connectivity index (χ4n) is 1.88. The van der Waals surface area contributed by atoms with Crippen LogP contribution in [-0.2, 0) is 14.3 Å². The minimum Gasteiger partial charge on any atom is -0.435 e. The van der Waals surface area contributed by atoms with E-state index >= 15 is 0 Å². The number of ether oxygens (including phenoxy) is 2. The molecule has 3 heteroatoms. The quantitative estimate of drug-likeness (QED) is 0.372. The second kappa shape index (κ2) is 11.9. The minimum absolute atomic E-state index is 0.175. The summed E-state index contributed by atoms with van der Waals surface area (Å²) in [4.78, 5) is 12.3. The Balaban J connectivity index is 0. The van der Waals surface area contributed by atoms with E-state index in [9.17, 15) is 4.79 Å². The molecule has 0 saturated heterocycles. The maximum Gasteiger partial charge on any atom is 0.313 e. The molecule has 0 fully saturated rings. The highest BCUT2D eigenvalue weighted by Gasteiger charge is 2.35. The van der Waals surface area contributed by atoms with Crippen molar-refractivity contribution in [2.75, 3.05) is 6.61 Å². The minimum atomic E-state index is -0.482. The molecule has 0 heterocycles. The van der Waals surface area contributed by atoms with Gasteiger partial charge in [-0.3, -0.25) is 4.79 Å². The van der Waals surface area contributed by atoms with E-state index in [0.717, 1.165) is 12.8 Å². The molecule has 140 valence electrons. The summed E-state index contributed by atoms with van der Waals surface area (Å²) in [5.74, 6) is 0.477. The summed E-state index contributed by atoms with van der Waals surface area (Å²) in [6.45, 7) is 21.0. The molecule has 0 spiro atoms. The topological polar surface area (TPSA) is 35.5 Å². The lowest BCUT2D eigenvalue weighted by atomic mass is 9.90. The molecule has 0 bridgehead atoms. The van der Waals surface area contributed by atoms with Gasteiger partial charge in [-0.15, -0.1) is 0 Å². The van der Waals surface area contributed by atoms with E-state index in [4.69, 9.17) is 9.47 Å². The molecule has 0 aromatic heterocycles. The Bertz CT molecular complexity index is 302. The first-order valence-corrected chi connectivity index (χ1v) is 9.37. The van der Waals surface area contributed by atoms with Crippen molar-refractivity contribution in [1.29, 1.82) is 0 Å². The van der Waals surface area contributed by atoms with Crippen LogP contribution in [0.3, 0.4) is 0 Å². The molecule has 0 aliphatic carbocycles. The van der Waals surface area contributed by atoms with Gasteiger partial charge >= 0.3 is 5.97 Å². The van der Waals surface area contributed by atoms with Gasteiger partial charge in [0.05, 0.1) is 12.0 Å². The van der Waals surface area contributed by atoms with Crippen molar-refractivity contribution in [3.8, 4) is 0 Å². The first-order valence-electron chi connectivity index (χ1n) is 9.37. The molecule has 0 N–H and O–H groups in total. The number of esters is 1. The van der Waals surface area contributed by atoms with Crippen molar-refractivity contribution in [1.82, 2.24) is 0 Å². The highest BCUT2D eigenvalue weighted by molar-refractivity contribution is 5.75. The number of hydrogen-bond acceptors (Lipinski definition) is 3. The molecule has 0 aromatic carbocycles. The van der Waals surface area contributed by atoms with Gasteiger partial charge in [0.2, 0.25) is 6.29 Å². The average Bonchev–Trinajstić information content (AvgIpc) is 2.47. The molecule has 0 aromatic rings. The fraction of sp³-hybridized carbons (Fsp3) is 0.950. The largest absolute Gasteiger partial charge is 0.435 e. The van der Waals surface area contributed by atoms with E-state index in [2.05, 4.69) is 13.8 Å². The number of carbonyl (C=O) groups is 1. The third kappa shape index (κ3) is 10.8. The second-order valence-corrected chi connectivity index (χ2v) is 7.89. The highest BCUT2D eigenvalue weighted by Crippen LogP contribution is 2.29. The summed E-state index contributed by atoms with van der Waals surface area (Å²) < 4.78 is 11.5. The zero-order valence-corrected chi connectivity index (χ0v) is 17.4. The lowest BCUT2D eigenvalue weighted by molar-refractivity contribution is -0.212. The predicted molar refractivity (Wildman–Crippen MR) is 99.4 cm³/mol. The zero-order valence-electron chi connectivity index (χ0n) is 17.4. The molecule has 0 saturated carbocycles. The molecule has 23 heavy (non-hydrogen) atoms. The van der Waals surface area contributed by atoms with E-state index in [1.54, 1.807) is 0 Å². The van der Waals surface area contributed by atoms with E-state index in [-0.39, 0.29) is 11.4 Å². The Morgan fingerprint density at radius 1 is 1.00 bits per heavy atom. The van der Waals surface area contributed by atoms with Crippen LogP contribution < -0.4 is 0 Å². The Morgan fingerprint density at radius 2 is 1.52 bits per heavy atom. The Hall–Kier alpha value is -0.570. The molecule has 0 aliphatic heterocycles. The molecule has 0 radical (unpaired) electrons. The zero-order chi connectivity index (χ0) is 18.7. The molecular weight excluding hydrogens is 288 g/mol. The maximum atomic E-state index is 12.3. The van der Waals surface area contributed by atoms with Gasteiger partial charge in [-0.2, -0.15) is 0 Å². The van der Waals surface area contributed by atoms with Gasteiger partial charge in [0.1, 0.15) is 0 Å². The summed E-state index contributed by atoms with van der Waals surface area (Å²) >= 11 is 0. The lowest BCUT2D eigenvalue weighted by Crippen LogP contribution is -2.38. The first kappa shape index (κ1) is 24.7. The molecule has 0 amide bonds. The maximum absolute atomic E-state index is 12.3. The van der Waals surface area contributed by atoms with Crippen LogP contribution in [0.25, 0.3) is 0 Å². The number of carbonyl (C=O) groups excluding carboxylic acids is 1. The third-order valence-electron chi connectivity index (χ3n) is 4.02. The first-order chi connectivity index (χ1) is 10.5. The van der Waals surface area contributed by atoms with Gasteiger partial charge in [-0.05, 0) is 32.6 Å². The van der Waals surface area contributed by atoms with E-state index in [0.29, 0.717) is 12.5 Å². The smallest absolute Gasteiger partial charge is 0.313 e. The predicted octanol–water partition coefficient (Wildman–Crippen LogP) is 6.21. The monoisotopic (exact) mass is 330 g/mol. The van der Waals surface area contributed by atoms with Gasteiger partial charge in [0.15, 0.2) is 0 Å². The van der Waals surface area contributed by atoms with Crippen molar-refractivity contribution < 1.29 is 14.3 Å². The average molecular weight is 331 g/mol. The van der Waals surface area contributed by atoms with Crippen molar-refractivity contribution in [2.45, 2.75) is 101 Å². The Kier molecular flexibility index (Phi) is 12.8. The van der Waals surface area contributed by atoms with Crippen LogP contribution in [-0.4, -0.2) is 18.9 Å². The fourth-order valence-corrected chi connectivity index (χ4v) is 1.88. The number of hydrogen-bond donors (Lipinski definition) is 0. The van der Waals surface area contributed by atoms with Gasteiger partial charge < -0.3 is 9.47 Å². The summed E-state index contributed by atoms with van der Waals surface area (Å²) in [5.41, 5.74) is -0.671. The van der Waals surface area contributed by atoms with Crippen molar-refractivity contribution >= 4 is 5.97 Å². The highest BCUT2D eigenvalue weighted by atomic mass is 16.7. The molecular formula is C20H42O3. The van der Waals surface area contributed by atoms with Crippen molar-refractivity contribution in [3.63, 3.8) is 0 Å². The summed E-state index contributed by atoms with van der Waals surface area (Å²) in [5, 5.41) is 0. The van der Waals surface area contributed by atoms with Crippen molar-refractivity contribution in [3.05, 3.63) is 0 Å². The summed E-state index contributed by atoms with van der Waals surface area (Å²) in [7, 11) is 0. The second-order valence-electron chi connectivity index (χ2n) is 7.89. The van der Waals surface area contributed by atoms with E-state index in [1.807, 2.05) is 55.4 Å². The summed E-state index contributed by atoms with van der Waals surface area (Å²) in [6, 6.07) is 0. The van der Waals surface area contributed by atoms with Crippen LogP contribution in [0, 0.1) is 16.7 Å². The third-order valence-corrected chi connectivity index (χ3v) is 4.02. The van der Waals surface area contributed by atoms with E-state index in [1.165, 1.54) is 12.8 Å². The van der Waals surface area contributed by atoms with E-state index < -0.39 is 11.7 Å². The van der Waals surface area contributed by atoms with Crippen LogP contribution in [0.5, 0.6) is 0 Å². The van der Waals surface area contributed by atoms with Crippen LogP contribution in [0.4, 0.5) is 0 Å². The molecule has 2 unspecified atom stereocenters. The van der Waals surface area contributed by atoms with Gasteiger partial charge in [0, 0.05) is 5.41 Å². The molecule has 0 aliphatic rings. The molecule has 2 atom stereocenters. The van der Waals surface area contributed by atoms with Crippen LogP contribution >= 0.6 is 0 Å². The van der Waals surface area contributed by atoms with Crippen LogP contribution in [0.2, 0.25) is 0 Å². The van der Waals surface area contributed by atoms with Crippen LogP contribution in [0.15, 0.2) is 0 Å². The van der Waals surface area contributed by atoms with Gasteiger partial charge in [-0.1, -0.05) is 68.2 Å². The van der Waals surface area contributed by atoms with Crippen LogP contribution in [0.1, 0.15) is 94.9 Å². The van der Waals surface area contributed by atoms with Gasteiger partial charge in [-0.25, -0.2) is 0 Å². The normalized spacial score (nSPS) is 14.5. The molecule has 0 rings (SSSR count). The van der Waals surface area contributed by atoms with Gasteiger partial charge in [0.25, 0.3) is 0 Å².